The molecule has 0 saturated carbocycles. The standard InChI is InChI=1S/C21H22N4O4/c22-19(26)13-28-16-7-5-15(6-8-16)23-20(27)14-9-11-25(12-10-14)21-24-17-3-1-2-4-18(17)29-21/h1-8,14H,9-13H2,(H2,22,26)(H,23,27). The summed E-state index contributed by atoms with van der Waals surface area (Å²) < 4.78 is 11.0. The molecular formula is C21H22N4O4. The molecule has 150 valence electrons. The Kier molecular flexibility index (Phi) is 5.33. The van der Waals surface area contributed by atoms with Gasteiger partial charge in [0.2, 0.25) is 5.91 Å². The number of rotatable bonds is 6. The maximum atomic E-state index is 12.6. The van der Waals surface area contributed by atoms with E-state index in [1.54, 1.807) is 24.3 Å². The first-order chi connectivity index (χ1) is 14.1. The molecule has 8 nitrogen and oxygen atoms in total. The van der Waals surface area contributed by atoms with E-state index < -0.39 is 5.91 Å². The van der Waals surface area contributed by atoms with E-state index in [0.29, 0.717) is 30.5 Å². The van der Waals surface area contributed by atoms with Gasteiger partial charge >= 0.3 is 0 Å². The maximum absolute atomic E-state index is 12.6. The van der Waals surface area contributed by atoms with Crippen molar-refractivity contribution >= 4 is 34.6 Å². The van der Waals surface area contributed by atoms with E-state index in [0.717, 1.165) is 23.9 Å². The van der Waals surface area contributed by atoms with Crippen molar-refractivity contribution < 1.29 is 18.7 Å². The Morgan fingerprint density at radius 3 is 2.55 bits per heavy atom. The number of aromatic nitrogens is 1. The molecule has 29 heavy (non-hydrogen) atoms. The van der Waals surface area contributed by atoms with Crippen molar-refractivity contribution in [2.24, 2.45) is 11.7 Å². The molecule has 0 radical (unpaired) electrons. The van der Waals surface area contributed by atoms with E-state index in [1.807, 2.05) is 24.3 Å². The Bertz CT molecular complexity index is 974. The number of amides is 2. The second-order valence-electron chi connectivity index (χ2n) is 6.99. The van der Waals surface area contributed by atoms with Gasteiger partial charge in [-0.3, -0.25) is 9.59 Å². The third-order valence-electron chi connectivity index (χ3n) is 4.92. The zero-order valence-corrected chi connectivity index (χ0v) is 15.8. The van der Waals surface area contributed by atoms with Crippen molar-refractivity contribution in [2.75, 3.05) is 29.9 Å². The van der Waals surface area contributed by atoms with Crippen LogP contribution in [0.5, 0.6) is 5.75 Å². The van der Waals surface area contributed by atoms with Crippen molar-refractivity contribution in [3.63, 3.8) is 0 Å². The van der Waals surface area contributed by atoms with E-state index >= 15 is 0 Å². The number of benzene rings is 2. The molecule has 1 aliphatic heterocycles. The van der Waals surface area contributed by atoms with Gasteiger partial charge in [-0.05, 0) is 49.2 Å². The summed E-state index contributed by atoms with van der Waals surface area (Å²) in [5, 5.41) is 2.94. The molecule has 0 unspecified atom stereocenters. The van der Waals surface area contributed by atoms with Crippen molar-refractivity contribution in [1.29, 1.82) is 0 Å². The van der Waals surface area contributed by atoms with Crippen LogP contribution in [0.1, 0.15) is 12.8 Å². The zero-order chi connectivity index (χ0) is 20.2. The maximum Gasteiger partial charge on any atom is 0.298 e. The number of nitrogens with one attached hydrogen (secondary N) is 1. The van der Waals surface area contributed by atoms with Crippen LogP contribution in [0.4, 0.5) is 11.7 Å². The lowest BCUT2D eigenvalue weighted by Crippen LogP contribution is -2.38. The number of hydrogen-bond donors (Lipinski definition) is 2. The van der Waals surface area contributed by atoms with Crippen LogP contribution in [-0.4, -0.2) is 36.5 Å². The number of ether oxygens (including phenoxy) is 1. The summed E-state index contributed by atoms with van der Waals surface area (Å²) in [6, 6.07) is 15.1. The topological polar surface area (TPSA) is 111 Å². The second kappa shape index (κ2) is 8.22. The van der Waals surface area contributed by atoms with Crippen LogP contribution in [-0.2, 0) is 9.59 Å². The summed E-state index contributed by atoms with van der Waals surface area (Å²) >= 11 is 0. The number of fused-ring (bicyclic) bond motifs is 1. The summed E-state index contributed by atoms with van der Waals surface area (Å²) in [5.41, 5.74) is 7.34. The van der Waals surface area contributed by atoms with Crippen molar-refractivity contribution in [3.8, 4) is 5.75 Å². The van der Waals surface area contributed by atoms with Crippen molar-refractivity contribution in [3.05, 3.63) is 48.5 Å². The van der Waals surface area contributed by atoms with Crippen LogP contribution in [0, 0.1) is 5.92 Å². The fourth-order valence-electron chi connectivity index (χ4n) is 3.36. The Labute approximate surface area is 167 Å². The zero-order valence-electron chi connectivity index (χ0n) is 15.8. The van der Waals surface area contributed by atoms with Crippen molar-refractivity contribution in [1.82, 2.24) is 4.98 Å². The van der Waals surface area contributed by atoms with Gasteiger partial charge in [-0.25, -0.2) is 0 Å². The molecule has 0 atom stereocenters. The molecule has 3 N–H and O–H groups in total. The Hall–Kier alpha value is -3.55. The minimum Gasteiger partial charge on any atom is -0.484 e. The van der Waals surface area contributed by atoms with E-state index in [9.17, 15) is 9.59 Å². The highest BCUT2D eigenvalue weighted by molar-refractivity contribution is 5.92. The smallest absolute Gasteiger partial charge is 0.298 e. The quantitative estimate of drug-likeness (QED) is 0.665. The van der Waals surface area contributed by atoms with Crippen molar-refractivity contribution in [2.45, 2.75) is 12.8 Å². The van der Waals surface area contributed by atoms with Gasteiger partial charge in [0.25, 0.3) is 11.9 Å². The largest absolute Gasteiger partial charge is 0.484 e. The third-order valence-corrected chi connectivity index (χ3v) is 4.92. The second-order valence-corrected chi connectivity index (χ2v) is 6.99. The number of primary amides is 1. The summed E-state index contributed by atoms with van der Waals surface area (Å²) in [6.45, 7) is 1.25. The first kappa shape index (κ1) is 18.8. The minimum absolute atomic E-state index is 0.00646. The predicted octanol–water partition coefficient (Wildman–Crippen LogP) is 2.55. The van der Waals surface area contributed by atoms with E-state index in [4.69, 9.17) is 14.9 Å². The number of carbonyl (C=O) groups is 2. The number of carbonyl (C=O) groups excluding carboxylic acids is 2. The number of piperidine rings is 1. The first-order valence-electron chi connectivity index (χ1n) is 9.51. The molecule has 1 aliphatic rings. The summed E-state index contributed by atoms with van der Waals surface area (Å²) in [6.07, 6.45) is 1.45. The van der Waals surface area contributed by atoms with Gasteiger partial charge in [0.15, 0.2) is 12.2 Å². The highest BCUT2D eigenvalue weighted by atomic mass is 16.5. The van der Waals surface area contributed by atoms with Gasteiger partial charge in [0, 0.05) is 24.7 Å². The minimum atomic E-state index is -0.536. The van der Waals surface area contributed by atoms with Gasteiger partial charge < -0.3 is 25.1 Å². The summed E-state index contributed by atoms with van der Waals surface area (Å²) in [4.78, 5) is 29.9. The molecule has 1 aromatic heterocycles. The monoisotopic (exact) mass is 394 g/mol. The predicted molar refractivity (Wildman–Crippen MR) is 109 cm³/mol. The molecule has 4 rings (SSSR count). The molecule has 0 bridgehead atoms. The molecule has 2 heterocycles. The summed E-state index contributed by atoms with van der Waals surface area (Å²) in [7, 11) is 0. The number of para-hydroxylation sites is 2. The van der Waals surface area contributed by atoms with Gasteiger partial charge in [0.1, 0.15) is 11.3 Å². The van der Waals surface area contributed by atoms with Gasteiger partial charge in [-0.2, -0.15) is 4.98 Å². The first-order valence-corrected chi connectivity index (χ1v) is 9.51. The molecule has 0 spiro atoms. The molecule has 2 amide bonds. The Balaban J connectivity index is 1.30. The van der Waals surface area contributed by atoms with Crippen LogP contribution in [0.3, 0.4) is 0 Å². The van der Waals surface area contributed by atoms with E-state index in [1.165, 1.54) is 0 Å². The lowest BCUT2D eigenvalue weighted by Gasteiger charge is -2.30. The highest BCUT2D eigenvalue weighted by Gasteiger charge is 2.27. The Morgan fingerprint density at radius 2 is 1.86 bits per heavy atom. The fraction of sp³-hybridized carbons (Fsp3) is 0.286. The number of nitrogens with two attached hydrogens (primary N) is 1. The molecule has 0 aliphatic carbocycles. The number of nitrogens with zero attached hydrogens (tertiary/aromatic N) is 2. The number of oxazole rings is 1. The van der Waals surface area contributed by atoms with Gasteiger partial charge in [-0.1, -0.05) is 12.1 Å². The molecule has 2 aromatic carbocycles. The van der Waals surface area contributed by atoms with Crippen LogP contribution in [0.15, 0.2) is 52.9 Å². The van der Waals surface area contributed by atoms with E-state index in [-0.39, 0.29) is 18.4 Å². The van der Waals surface area contributed by atoms with Gasteiger partial charge in [0.05, 0.1) is 0 Å². The average Bonchev–Trinajstić information content (AvgIpc) is 3.17. The van der Waals surface area contributed by atoms with Crippen LogP contribution < -0.4 is 20.7 Å². The normalized spacial score (nSPS) is 14.7. The molecule has 3 aromatic rings. The highest BCUT2D eigenvalue weighted by Crippen LogP contribution is 2.27. The molecule has 1 fully saturated rings. The third kappa shape index (κ3) is 4.48. The van der Waals surface area contributed by atoms with E-state index in [2.05, 4.69) is 15.2 Å². The van der Waals surface area contributed by atoms with Crippen LogP contribution in [0.2, 0.25) is 0 Å². The number of anilines is 2. The lowest BCUT2D eigenvalue weighted by molar-refractivity contribution is -0.121. The average molecular weight is 394 g/mol. The molecular weight excluding hydrogens is 372 g/mol. The molecule has 1 saturated heterocycles. The summed E-state index contributed by atoms with van der Waals surface area (Å²) in [5.74, 6) is -0.0885. The van der Waals surface area contributed by atoms with Crippen LogP contribution >= 0.6 is 0 Å². The lowest BCUT2D eigenvalue weighted by atomic mass is 9.96. The number of hydrogen-bond acceptors (Lipinski definition) is 6. The molecule has 8 heteroatoms. The van der Waals surface area contributed by atoms with Gasteiger partial charge in [-0.15, -0.1) is 0 Å². The fourth-order valence-corrected chi connectivity index (χ4v) is 3.36. The SMILES string of the molecule is NC(=O)COc1ccc(NC(=O)C2CCN(c3nc4ccccc4o3)CC2)cc1. The van der Waals surface area contributed by atoms with Crippen LogP contribution in [0.25, 0.3) is 11.1 Å². The Morgan fingerprint density at radius 1 is 1.14 bits per heavy atom.